The van der Waals surface area contributed by atoms with E-state index in [2.05, 4.69) is 18.2 Å². The first kappa shape index (κ1) is 22.9. The Hall–Kier alpha value is -4.25. The van der Waals surface area contributed by atoms with E-state index < -0.39 is 23.3 Å². The minimum absolute atomic E-state index is 0.0903. The number of benzene rings is 2. The monoisotopic (exact) mass is 469 g/mol. The summed E-state index contributed by atoms with van der Waals surface area (Å²) in [5.41, 5.74) is 6.52. The van der Waals surface area contributed by atoms with E-state index in [1.807, 2.05) is 30.3 Å². The Balaban J connectivity index is 1.75. The fourth-order valence-corrected chi connectivity index (χ4v) is 4.96. The Kier molecular flexibility index (Phi) is 6.28. The van der Waals surface area contributed by atoms with Crippen molar-refractivity contribution < 1.29 is 9.53 Å². The third kappa shape index (κ3) is 3.75. The van der Waals surface area contributed by atoms with Gasteiger partial charge in [-0.05, 0) is 22.8 Å². The number of rotatable bonds is 3. The van der Waals surface area contributed by atoms with Crippen molar-refractivity contribution >= 4 is 17.7 Å². The number of nitrogens with two attached hydrogens (primary N) is 1. The molecule has 2 aromatic carbocycles. The van der Waals surface area contributed by atoms with Gasteiger partial charge in [0.15, 0.2) is 5.41 Å². The molecule has 1 heterocycles. The van der Waals surface area contributed by atoms with Crippen molar-refractivity contribution in [2.75, 3.05) is 13.1 Å². The number of carbonyl (C=O) groups is 1. The van der Waals surface area contributed by atoms with Crippen molar-refractivity contribution in [2.24, 2.45) is 17.1 Å². The van der Waals surface area contributed by atoms with Gasteiger partial charge in [0.2, 0.25) is 0 Å². The van der Waals surface area contributed by atoms with E-state index in [4.69, 9.17) is 22.1 Å². The maximum atomic E-state index is 12.9. The number of fused-ring (bicyclic) bond motifs is 1. The largest absolute Gasteiger partial charge is 0.445 e. The molecule has 4 rings (SSSR count). The van der Waals surface area contributed by atoms with Gasteiger partial charge in [-0.15, -0.1) is 0 Å². The molecule has 0 aromatic heterocycles. The zero-order valence-electron chi connectivity index (χ0n) is 18.1. The smallest absolute Gasteiger partial charge is 0.410 e. The van der Waals surface area contributed by atoms with Gasteiger partial charge < -0.3 is 15.4 Å². The number of carbonyl (C=O) groups excluding carboxylic acids is 1. The summed E-state index contributed by atoms with van der Waals surface area (Å²) in [4.78, 5) is 14.4. The molecule has 0 radical (unpaired) electrons. The van der Waals surface area contributed by atoms with Crippen molar-refractivity contribution in [2.45, 2.75) is 12.5 Å². The molecule has 0 saturated heterocycles. The zero-order chi connectivity index (χ0) is 24.3. The van der Waals surface area contributed by atoms with E-state index in [0.717, 1.165) is 5.56 Å². The minimum Gasteiger partial charge on any atom is -0.445 e. The molecule has 2 aliphatic rings. The first-order valence-corrected chi connectivity index (χ1v) is 11.0. The first-order chi connectivity index (χ1) is 16.5. The molecule has 0 saturated carbocycles. The quantitative estimate of drug-likeness (QED) is 0.709. The molecule has 0 bridgehead atoms. The van der Waals surface area contributed by atoms with Crippen LogP contribution < -0.4 is 5.73 Å². The van der Waals surface area contributed by atoms with Crippen LogP contribution in [0.1, 0.15) is 17.0 Å². The maximum Gasteiger partial charge on any atom is 0.410 e. The van der Waals surface area contributed by atoms with Gasteiger partial charge in [-0.3, -0.25) is 0 Å². The maximum absolute atomic E-state index is 12.9. The van der Waals surface area contributed by atoms with Crippen LogP contribution in [0.2, 0.25) is 5.02 Å². The molecule has 2 atom stereocenters. The highest BCUT2D eigenvalue weighted by Crippen LogP contribution is 2.55. The predicted molar refractivity (Wildman–Crippen MR) is 124 cm³/mol. The topological polar surface area (TPSA) is 127 Å². The van der Waals surface area contributed by atoms with Crippen LogP contribution >= 0.6 is 11.6 Å². The average molecular weight is 470 g/mol. The van der Waals surface area contributed by atoms with E-state index in [-0.39, 0.29) is 31.0 Å². The third-order valence-electron chi connectivity index (χ3n) is 6.37. The third-order valence-corrected chi connectivity index (χ3v) is 6.71. The van der Waals surface area contributed by atoms with Crippen LogP contribution in [0, 0.1) is 45.3 Å². The highest BCUT2D eigenvalue weighted by molar-refractivity contribution is 6.31. The molecule has 2 N–H and O–H groups in total. The van der Waals surface area contributed by atoms with Gasteiger partial charge >= 0.3 is 6.09 Å². The number of nitrogens with zero attached hydrogens (tertiary/aromatic N) is 4. The van der Waals surface area contributed by atoms with Gasteiger partial charge in [-0.1, -0.05) is 66.2 Å². The van der Waals surface area contributed by atoms with Gasteiger partial charge in [0.25, 0.3) is 0 Å². The fraction of sp³-hybridized carbons (Fsp3) is 0.231. The normalized spacial score (nSPS) is 20.8. The van der Waals surface area contributed by atoms with E-state index in [1.165, 1.54) is 4.90 Å². The van der Waals surface area contributed by atoms with E-state index in [9.17, 15) is 20.6 Å². The fourth-order valence-electron chi connectivity index (χ4n) is 4.71. The Morgan fingerprint density at radius 1 is 1.12 bits per heavy atom. The molecule has 0 fully saturated rings. The lowest BCUT2D eigenvalue weighted by Gasteiger charge is -2.45. The van der Waals surface area contributed by atoms with Crippen molar-refractivity contribution in [3.63, 3.8) is 0 Å². The highest BCUT2D eigenvalue weighted by atomic mass is 35.5. The van der Waals surface area contributed by atoms with E-state index >= 15 is 0 Å². The molecule has 2 unspecified atom stereocenters. The lowest BCUT2D eigenvalue weighted by Crippen LogP contribution is -2.49. The van der Waals surface area contributed by atoms with Gasteiger partial charge in [-0.25, -0.2) is 4.79 Å². The average Bonchev–Trinajstić information content (AvgIpc) is 2.87. The number of amides is 1. The van der Waals surface area contributed by atoms with Crippen LogP contribution in [0.4, 0.5) is 4.79 Å². The Bertz CT molecular complexity index is 1300. The summed E-state index contributed by atoms with van der Waals surface area (Å²) in [7, 11) is 0. The van der Waals surface area contributed by atoms with Crippen LogP contribution in [0.25, 0.3) is 0 Å². The number of halogens is 1. The molecule has 1 aliphatic carbocycles. The van der Waals surface area contributed by atoms with E-state index in [0.29, 0.717) is 16.2 Å². The van der Waals surface area contributed by atoms with Crippen molar-refractivity contribution in [3.8, 4) is 18.2 Å². The molecule has 0 spiro atoms. The van der Waals surface area contributed by atoms with Gasteiger partial charge in [0, 0.05) is 29.9 Å². The second-order valence-corrected chi connectivity index (χ2v) is 8.55. The molecule has 1 aliphatic heterocycles. The number of hydrogen-bond donors (Lipinski definition) is 1. The molecular weight excluding hydrogens is 450 g/mol. The number of allylic oxidation sites excluding steroid dienone is 2. The van der Waals surface area contributed by atoms with Crippen molar-refractivity contribution in [1.82, 2.24) is 4.90 Å². The lowest BCUT2D eigenvalue weighted by molar-refractivity contribution is 0.0898. The summed E-state index contributed by atoms with van der Waals surface area (Å²) in [5.74, 6) is -1.34. The van der Waals surface area contributed by atoms with Gasteiger partial charge in [0.1, 0.15) is 12.7 Å². The van der Waals surface area contributed by atoms with Crippen molar-refractivity contribution in [3.05, 3.63) is 93.7 Å². The van der Waals surface area contributed by atoms with Crippen LogP contribution in [0.15, 0.2) is 77.5 Å². The molecule has 8 heteroatoms. The molecular formula is C26H20ClN5O2. The van der Waals surface area contributed by atoms with Crippen LogP contribution in [-0.4, -0.2) is 24.1 Å². The lowest BCUT2D eigenvalue weighted by atomic mass is 9.58. The summed E-state index contributed by atoms with van der Waals surface area (Å²) < 4.78 is 5.49. The summed E-state index contributed by atoms with van der Waals surface area (Å²) in [6.45, 7) is 0.458. The van der Waals surface area contributed by atoms with Gasteiger partial charge in [0.05, 0.1) is 23.4 Å². The predicted octanol–water partition coefficient (Wildman–Crippen LogP) is 4.40. The Labute approximate surface area is 202 Å². The Morgan fingerprint density at radius 3 is 2.44 bits per heavy atom. The standard InChI is InChI=1S/C26H20ClN5O2/c27-22-9-5-4-8-19(22)23-21-13-32(25(33)34-14-17-6-2-1-3-7-17)11-10-18(21)20(12-28)24(31)26(23,15-29)16-30/h1-10,21,23H,11,13-14,31H2. The molecule has 1 amide bonds. The molecule has 2 aromatic rings. The summed E-state index contributed by atoms with van der Waals surface area (Å²) >= 11 is 6.50. The SMILES string of the molecule is N#CC1=C(N)C(C#N)(C#N)C(c2ccccc2Cl)C2CN(C(=O)OCc3ccccc3)CC=C12. The number of nitriles is 3. The number of ether oxygens (including phenoxy) is 1. The summed E-state index contributed by atoms with van der Waals surface area (Å²) in [6, 6.07) is 22.4. The highest BCUT2D eigenvalue weighted by Gasteiger charge is 2.55. The minimum atomic E-state index is -1.82. The second-order valence-electron chi connectivity index (χ2n) is 8.14. The molecule has 7 nitrogen and oxygen atoms in total. The number of hydrogen-bond acceptors (Lipinski definition) is 6. The van der Waals surface area contributed by atoms with Crippen LogP contribution in [0.5, 0.6) is 0 Å². The Morgan fingerprint density at radius 2 is 1.79 bits per heavy atom. The molecule has 34 heavy (non-hydrogen) atoms. The van der Waals surface area contributed by atoms with Crippen molar-refractivity contribution in [1.29, 1.82) is 15.8 Å². The second kappa shape index (κ2) is 9.32. The first-order valence-electron chi connectivity index (χ1n) is 10.6. The summed E-state index contributed by atoms with van der Waals surface area (Å²) in [5, 5.41) is 30.5. The zero-order valence-corrected chi connectivity index (χ0v) is 18.9. The summed E-state index contributed by atoms with van der Waals surface area (Å²) in [6.07, 6.45) is 1.21. The van der Waals surface area contributed by atoms with Crippen LogP contribution in [-0.2, 0) is 11.3 Å². The van der Waals surface area contributed by atoms with E-state index in [1.54, 1.807) is 30.3 Å². The van der Waals surface area contributed by atoms with Gasteiger partial charge in [-0.2, -0.15) is 15.8 Å². The van der Waals surface area contributed by atoms with Crippen LogP contribution in [0.3, 0.4) is 0 Å². The molecule has 168 valence electrons.